The van der Waals surface area contributed by atoms with Crippen molar-refractivity contribution in [2.24, 2.45) is 10.4 Å². The van der Waals surface area contributed by atoms with Crippen LogP contribution in [0.2, 0.25) is 0 Å². The molecule has 0 bridgehead atoms. The van der Waals surface area contributed by atoms with E-state index >= 15 is 0 Å². The lowest BCUT2D eigenvalue weighted by atomic mass is 9.86. The third-order valence-electron chi connectivity index (χ3n) is 6.70. The zero-order valence-corrected chi connectivity index (χ0v) is 17.0. The zero-order valence-electron chi connectivity index (χ0n) is 17.0. The predicted octanol–water partition coefficient (Wildman–Crippen LogP) is 2.17. The van der Waals surface area contributed by atoms with E-state index in [4.69, 9.17) is 0 Å². The van der Waals surface area contributed by atoms with Gasteiger partial charge in [-0.3, -0.25) is 4.99 Å². The molecule has 0 aromatic carbocycles. The minimum atomic E-state index is 0.572. The summed E-state index contributed by atoms with van der Waals surface area (Å²) in [4.78, 5) is 16.4. The molecule has 1 saturated carbocycles. The molecule has 4 rings (SSSR count). The topological polar surface area (TPSA) is 47.0 Å². The van der Waals surface area contributed by atoms with Gasteiger partial charge in [0, 0.05) is 59.1 Å². The molecule has 0 radical (unpaired) electrons. The molecule has 6 nitrogen and oxygen atoms in total. The number of guanidine groups is 1. The number of pyridine rings is 1. The number of likely N-dealkylation sites (tertiary alicyclic amines) is 1. The van der Waals surface area contributed by atoms with Gasteiger partial charge in [-0.1, -0.05) is 12.8 Å². The van der Waals surface area contributed by atoms with Crippen LogP contribution in [0.4, 0.5) is 5.82 Å². The van der Waals surface area contributed by atoms with Crippen molar-refractivity contribution in [1.82, 2.24) is 20.1 Å². The average Bonchev–Trinajstić information content (AvgIpc) is 3.33. The highest BCUT2D eigenvalue weighted by molar-refractivity contribution is 5.80. The molecule has 2 saturated heterocycles. The Bertz CT molecular complexity index is 658. The summed E-state index contributed by atoms with van der Waals surface area (Å²) < 4.78 is 0. The summed E-state index contributed by atoms with van der Waals surface area (Å²) in [5.74, 6) is 2.15. The Balaban J connectivity index is 1.34. The first kappa shape index (κ1) is 18.5. The highest BCUT2D eigenvalue weighted by Crippen LogP contribution is 2.45. The predicted molar refractivity (Wildman–Crippen MR) is 111 cm³/mol. The van der Waals surface area contributed by atoms with Gasteiger partial charge in [0.2, 0.25) is 0 Å². The van der Waals surface area contributed by atoms with Crippen molar-refractivity contribution in [1.29, 1.82) is 0 Å². The first-order chi connectivity index (χ1) is 13.2. The van der Waals surface area contributed by atoms with E-state index in [-0.39, 0.29) is 0 Å². The molecule has 1 N–H and O–H groups in total. The lowest BCUT2D eigenvalue weighted by Gasteiger charge is -2.33. The summed E-state index contributed by atoms with van der Waals surface area (Å²) in [6.07, 6.45) is 8.89. The Labute approximate surface area is 163 Å². The van der Waals surface area contributed by atoms with Gasteiger partial charge < -0.3 is 20.0 Å². The summed E-state index contributed by atoms with van der Waals surface area (Å²) in [5.41, 5.74) is 1.85. The van der Waals surface area contributed by atoms with E-state index in [9.17, 15) is 0 Å². The molecule has 0 amide bonds. The van der Waals surface area contributed by atoms with E-state index in [1.807, 2.05) is 13.2 Å². The van der Waals surface area contributed by atoms with Crippen LogP contribution in [0.5, 0.6) is 0 Å². The van der Waals surface area contributed by atoms with Crippen molar-refractivity contribution in [2.45, 2.75) is 38.6 Å². The van der Waals surface area contributed by atoms with Crippen LogP contribution in [-0.2, 0) is 6.54 Å². The molecule has 6 heteroatoms. The minimum absolute atomic E-state index is 0.572. The normalized spacial score (nSPS) is 23.4. The van der Waals surface area contributed by atoms with Crippen LogP contribution in [-0.4, -0.2) is 74.1 Å². The van der Waals surface area contributed by atoms with E-state index in [1.165, 1.54) is 44.2 Å². The summed E-state index contributed by atoms with van der Waals surface area (Å²) in [5, 5.41) is 3.59. The van der Waals surface area contributed by atoms with Gasteiger partial charge in [0.25, 0.3) is 0 Å². The molecular weight excluding hydrogens is 336 g/mol. The van der Waals surface area contributed by atoms with Gasteiger partial charge in [-0.15, -0.1) is 0 Å². The average molecular weight is 371 g/mol. The van der Waals surface area contributed by atoms with Crippen LogP contribution in [0, 0.1) is 5.41 Å². The second kappa shape index (κ2) is 8.05. The molecule has 3 fully saturated rings. The van der Waals surface area contributed by atoms with Crippen LogP contribution in [0.3, 0.4) is 0 Å². The largest absolute Gasteiger partial charge is 0.354 e. The molecule has 2 aliphatic heterocycles. The SMILES string of the molecule is CN=C(NCc1ccnc(N2CCN(C)CC2)c1)N1CCC2(CCCC2)C1. The number of nitrogens with zero attached hydrogens (tertiary/aromatic N) is 5. The molecule has 3 aliphatic rings. The molecule has 0 unspecified atom stereocenters. The third kappa shape index (κ3) is 4.21. The van der Waals surface area contributed by atoms with E-state index in [0.29, 0.717) is 5.41 Å². The van der Waals surface area contributed by atoms with Crippen molar-refractivity contribution in [2.75, 3.05) is 58.3 Å². The second-order valence-corrected chi connectivity index (χ2v) is 8.59. The Morgan fingerprint density at radius 1 is 1.15 bits per heavy atom. The van der Waals surface area contributed by atoms with Gasteiger partial charge in [-0.05, 0) is 49.4 Å². The van der Waals surface area contributed by atoms with Crippen molar-refractivity contribution in [3.8, 4) is 0 Å². The fraction of sp³-hybridized carbons (Fsp3) is 0.714. The minimum Gasteiger partial charge on any atom is -0.354 e. The van der Waals surface area contributed by atoms with Crippen LogP contribution >= 0.6 is 0 Å². The van der Waals surface area contributed by atoms with Crippen LogP contribution in [0.1, 0.15) is 37.7 Å². The fourth-order valence-electron chi connectivity index (χ4n) is 4.94. The van der Waals surface area contributed by atoms with E-state index < -0.39 is 0 Å². The van der Waals surface area contributed by atoms with Gasteiger partial charge in [0.05, 0.1) is 0 Å². The molecule has 0 atom stereocenters. The van der Waals surface area contributed by atoms with Gasteiger partial charge in [0.1, 0.15) is 5.82 Å². The van der Waals surface area contributed by atoms with E-state index in [2.05, 4.69) is 49.2 Å². The number of piperazine rings is 1. The molecule has 3 heterocycles. The van der Waals surface area contributed by atoms with Crippen LogP contribution in [0.25, 0.3) is 0 Å². The van der Waals surface area contributed by atoms with Crippen molar-refractivity contribution < 1.29 is 0 Å². The first-order valence-corrected chi connectivity index (χ1v) is 10.5. The maximum atomic E-state index is 4.60. The quantitative estimate of drug-likeness (QED) is 0.653. The maximum Gasteiger partial charge on any atom is 0.193 e. The highest BCUT2D eigenvalue weighted by atomic mass is 15.3. The van der Waals surface area contributed by atoms with Crippen LogP contribution in [0.15, 0.2) is 23.3 Å². The first-order valence-electron chi connectivity index (χ1n) is 10.5. The fourth-order valence-corrected chi connectivity index (χ4v) is 4.94. The second-order valence-electron chi connectivity index (χ2n) is 8.59. The van der Waals surface area contributed by atoms with Crippen molar-refractivity contribution in [3.05, 3.63) is 23.9 Å². The lowest BCUT2D eigenvalue weighted by Crippen LogP contribution is -2.44. The highest BCUT2D eigenvalue weighted by Gasteiger charge is 2.41. The molecule has 1 aromatic heterocycles. The Morgan fingerprint density at radius 2 is 1.93 bits per heavy atom. The van der Waals surface area contributed by atoms with Gasteiger partial charge >= 0.3 is 0 Å². The molecule has 1 spiro atoms. The van der Waals surface area contributed by atoms with Gasteiger partial charge in [-0.25, -0.2) is 4.98 Å². The maximum absolute atomic E-state index is 4.60. The number of likely N-dealkylation sites (N-methyl/N-ethyl adjacent to an activating group) is 1. The molecule has 1 aromatic rings. The Hall–Kier alpha value is -1.82. The number of anilines is 1. The van der Waals surface area contributed by atoms with Crippen molar-refractivity contribution in [3.63, 3.8) is 0 Å². The number of nitrogens with one attached hydrogen (secondary N) is 1. The molecule has 1 aliphatic carbocycles. The third-order valence-corrected chi connectivity index (χ3v) is 6.70. The summed E-state index contributed by atoms with van der Waals surface area (Å²) in [7, 11) is 4.09. The summed E-state index contributed by atoms with van der Waals surface area (Å²) >= 11 is 0. The van der Waals surface area contributed by atoms with Crippen LogP contribution < -0.4 is 10.2 Å². The summed E-state index contributed by atoms with van der Waals surface area (Å²) in [6.45, 7) is 7.44. The molecular formula is C21H34N6. The van der Waals surface area contributed by atoms with Crippen molar-refractivity contribution >= 4 is 11.8 Å². The standard InChI is InChI=1S/C21H34N6/c1-22-20(27-10-8-21(17-27)6-3-4-7-21)24-16-18-5-9-23-19(15-18)26-13-11-25(2)12-14-26/h5,9,15H,3-4,6-8,10-14,16-17H2,1-2H3,(H,22,24). The monoisotopic (exact) mass is 370 g/mol. The number of hydrogen-bond donors (Lipinski definition) is 1. The number of hydrogen-bond acceptors (Lipinski definition) is 4. The lowest BCUT2D eigenvalue weighted by molar-refractivity contribution is 0.309. The number of aliphatic imine (C=N–C) groups is 1. The summed E-state index contributed by atoms with van der Waals surface area (Å²) in [6, 6.07) is 4.34. The molecule has 148 valence electrons. The van der Waals surface area contributed by atoms with Gasteiger partial charge in [0.15, 0.2) is 5.96 Å². The molecule has 27 heavy (non-hydrogen) atoms. The van der Waals surface area contributed by atoms with E-state index in [1.54, 1.807) is 0 Å². The Morgan fingerprint density at radius 3 is 2.67 bits per heavy atom. The van der Waals surface area contributed by atoms with E-state index in [0.717, 1.165) is 51.0 Å². The van der Waals surface area contributed by atoms with Gasteiger partial charge in [-0.2, -0.15) is 0 Å². The number of aromatic nitrogens is 1. The Kier molecular flexibility index (Phi) is 5.53. The smallest absolute Gasteiger partial charge is 0.193 e. The number of rotatable bonds is 3. The zero-order chi connectivity index (χ0) is 18.7.